The number of rotatable bonds is 3. The Morgan fingerprint density at radius 1 is 1.21 bits per heavy atom. The third kappa shape index (κ3) is 4.06. The zero-order chi connectivity index (χ0) is 13.9. The maximum Gasteiger partial charge on any atom is 0.234 e. The van der Waals surface area contributed by atoms with Gasteiger partial charge in [0.2, 0.25) is 5.91 Å². The number of hydrogen-bond donors (Lipinski definition) is 2. The third-order valence-electron chi connectivity index (χ3n) is 3.64. The predicted molar refractivity (Wildman–Crippen MR) is 78.3 cm³/mol. The van der Waals surface area contributed by atoms with E-state index in [9.17, 15) is 4.79 Å². The SMILES string of the molecule is CC(C)(C)c1ccc(CCC2CNCC(=O)N2)cc1. The summed E-state index contributed by atoms with van der Waals surface area (Å²) in [6, 6.07) is 9.11. The van der Waals surface area contributed by atoms with Gasteiger partial charge in [-0.3, -0.25) is 4.79 Å². The summed E-state index contributed by atoms with van der Waals surface area (Å²) >= 11 is 0. The van der Waals surface area contributed by atoms with Crippen LogP contribution in [0.4, 0.5) is 0 Å². The van der Waals surface area contributed by atoms with E-state index in [4.69, 9.17) is 0 Å². The van der Waals surface area contributed by atoms with E-state index in [1.165, 1.54) is 11.1 Å². The van der Waals surface area contributed by atoms with Crippen LogP contribution in [0.2, 0.25) is 0 Å². The minimum absolute atomic E-state index is 0.110. The highest BCUT2D eigenvalue weighted by Crippen LogP contribution is 2.22. The van der Waals surface area contributed by atoms with Gasteiger partial charge in [0, 0.05) is 12.6 Å². The first kappa shape index (κ1) is 14.1. The van der Waals surface area contributed by atoms with Crippen LogP contribution < -0.4 is 10.6 Å². The van der Waals surface area contributed by atoms with Crippen molar-refractivity contribution >= 4 is 5.91 Å². The molecule has 1 aliphatic rings. The standard InChI is InChI=1S/C16H24N2O/c1-16(2,3)13-7-4-12(5-8-13)6-9-14-10-17-11-15(19)18-14/h4-5,7-8,14,17H,6,9-11H2,1-3H3,(H,18,19). The number of amides is 1. The smallest absolute Gasteiger partial charge is 0.234 e. The number of carbonyl (C=O) groups excluding carboxylic acids is 1. The van der Waals surface area contributed by atoms with Crippen molar-refractivity contribution in [2.75, 3.05) is 13.1 Å². The number of carbonyl (C=O) groups is 1. The van der Waals surface area contributed by atoms with Gasteiger partial charge in [-0.15, -0.1) is 0 Å². The molecule has 1 amide bonds. The molecular weight excluding hydrogens is 236 g/mol. The molecule has 1 fully saturated rings. The fourth-order valence-electron chi connectivity index (χ4n) is 2.38. The van der Waals surface area contributed by atoms with E-state index >= 15 is 0 Å². The summed E-state index contributed by atoms with van der Waals surface area (Å²) in [5.74, 6) is 0.110. The van der Waals surface area contributed by atoms with E-state index in [0.29, 0.717) is 6.54 Å². The quantitative estimate of drug-likeness (QED) is 0.873. The Hall–Kier alpha value is -1.35. The monoisotopic (exact) mass is 260 g/mol. The number of piperazine rings is 1. The molecule has 1 aromatic rings. The molecule has 2 N–H and O–H groups in total. The highest BCUT2D eigenvalue weighted by atomic mass is 16.2. The van der Waals surface area contributed by atoms with E-state index in [1.807, 2.05) is 0 Å². The van der Waals surface area contributed by atoms with Gasteiger partial charge in [-0.05, 0) is 29.4 Å². The van der Waals surface area contributed by atoms with Gasteiger partial charge in [-0.1, -0.05) is 45.0 Å². The minimum Gasteiger partial charge on any atom is -0.351 e. The van der Waals surface area contributed by atoms with Gasteiger partial charge in [0.25, 0.3) is 0 Å². The average Bonchev–Trinajstić information content (AvgIpc) is 2.36. The van der Waals surface area contributed by atoms with Crippen molar-refractivity contribution in [2.24, 2.45) is 0 Å². The summed E-state index contributed by atoms with van der Waals surface area (Å²) in [5, 5.41) is 6.16. The Morgan fingerprint density at radius 3 is 2.47 bits per heavy atom. The Labute approximate surface area is 115 Å². The number of benzene rings is 1. The van der Waals surface area contributed by atoms with Crippen molar-refractivity contribution < 1.29 is 4.79 Å². The summed E-state index contributed by atoms with van der Waals surface area (Å²) in [4.78, 5) is 11.3. The molecule has 1 unspecified atom stereocenters. The molecule has 19 heavy (non-hydrogen) atoms. The highest BCUT2D eigenvalue weighted by molar-refractivity contribution is 5.79. The van der Waals surface area contributed by atoms with Crippen LogP contribution in [0.5, 0.6) is 0 Å². The first-order chi connectivity index (χ1) is 8.95. The lowest BCUT2D eigenvalue weighted by Gasteiger charge is -2.24. The van der Waals surface area contributed by atoms with Crippen molar-refractivity contribution in [1.29, 1.82) is 0 Å². The highest BCUT2D eigenvalue weighted by Gasteiger charge is 2.17. The lowest BCUT2D eigenvalue weighted by Crippen LogP contribution is -2.52. The minimum atomic E-state index is 0.110. The van der Waals surface area contributed by atoms with Crippen LogP contribution in [0.3, 0.4) is 0 Å². The van der Waals surface area contributed by atoms with E-state index < -0.39 is 0 Å². The molecule has 1 aliphatic heterocycles. The van der Waals surface area contributed by atoms with Crippen LogP contribution in [-0.4, -0.2) is 25.0 Å². The van der Waals surface area contributed by atoms with Gasteiger partial charge in [-0.25, -0.2) is 0 Å². The molecule has 104 valence electrons. The molecule has 0 bridgehead atoms. The molecule has 0 saturated carbocycles. The second-order valence-corrected chi connectivity index (χ2v) is 6.38. The third-order valence-corrected chi connectivity index (χ3v) is 3.64. The summed E-state index contributed by atoms with van der Waals surface area (Å²) in [6.07, 6.45) is 2.00. The molecule has 1 atom stereocenters. The molecule has 2 rings (SSSR count). The summed E-state index contributed by atoms with van der Waals surface area (Å²) in [7, 11) is 0. The van der Waals surface area contributed by atoms with Crippen LogP contribution in [0.15, 0.2) is 24.3 Å². The van der Waals surface area contributed by atoms with Gasteiger partial charge in [0.1, 0.15) is 0 Å². The predicted octanol–water partition coefficient (Wildman–Crippen LogP) is 2.00. The molecule has 1 heterocycles. The van der Waals surface area contributed by atoms with Gasteiger partial charge in [0.15, 0.2) is 0 Å². The maximum atomic E-state index is 11.3. The molecular formula is C16H24N2O. The van der Waals surface area contributed by atoms with Gasteiger partial charge in [-0.2, -0.15) is 0 Å². The van der Waals surface area contributed by atoms with Crippen molar-refractivity contribution in [2.45, 2.75) is 45.1 Å². The van der Waals surface area contributed by atoms with Gasteiger partial charge in [0.05, 0.1) is 6.54 Å². The van der Waals surface area contributed by atoms with E-state index in [1.54, 1.807) is 0 Å². The molecule has 3 nitrogen and oxygen atoms in total. The second-order valence-electron chi connectivity index (χ2n) is 6.38. The maximum absolute atomic E-state index is 11.3. The first-order valence-electron chi connectivity index (χ1n) is 7.04. The molecule has 0 spiro atoms. The zero-order valence-corrected chi connectivity index (χ0v) is 12.1. The zero-order valence-electron chi connectivity index (χ0n) is 12.1. The van der Waals surface area contributed by atoms with E-state index in [-0.39, 0.29) is 17.4 Å². The Kier molecular flexibility index (Phi) is 4.25. The molecule has 0 radical (unpaired) electrons. The van der Waals surface area contributed by atoms with Crippen LogP contribution in [-0.2, 0) is 16.6 Å². The fourth-order valence-corrected chi connectivity index (χ4v) is 2.38. The van der Waals surface area contributed by atoms with Crippen molar-refractivity contribution in [1.82, 2.24) is 10.6 Å². The molecule has 1 saturated heterocycles. The van der Waals surface area contributed by atoms with Gasteiger partial charge < -0.3 is 10.6 Å². The van der Waals surface area contributed by atoms with Crippen LogP contribution >= 0.6 is 0 Å². The average molecular weight is 260 g/mol. The molecule has 0 aromatic heterocycles. The number of nitrogens with one attached hydrogen (secondary N) is 2. The number of hydrogen-bond acceptors (Lipinski definition) is 2. The van der Waals surface area contributed by atoms with Crippen LogP contribution in [0, 0.1) is 0 Å². The molecule has 3 heteroatoms. The molecule has 0 aliphatic carbocycles. The Balaban J connectivity index is 1.88. The van der Waals surface area contributed by atoms with Crippen molar-refractivity contribution in [3.05, 3.63) is 35.4 Å². The lowest BCUT2D eigenvalue weighted by molar-refractivity contribution is -0.122. The normalized spacial score (nSPS) is 20.2. The number of aryl methyl sites for hydroxylation is 1. The second kappa shape index (κ2) is 5.74. The van der Waals surface area contributed by atoms with Crippen molar-refractivity contribution in [3.8, 4) is 0 Å². The lowest BCUT2D eigenvalue weighted by atomic mass is 9.86. The first-order valence-corrected chi connectivity index (χ1v) is 7.04. The molecule has 1 aromatic carbocycles. The largest absolute Gasteiger partial charge is 0.351 e. The fraction of sp³-hybridized carbons (Fsp3) is 0.562. The Bertz CT molecular complexity index is 431. The van der Waals surface area contributed by atoms with Crippen molar-refractivity contribution in [3.63, 3.8) is 0 Å². The summed E-state index contributed by atoms with van der Waals surface area (Å²) < 4.78 is 0. The van der Waals surface area contributed by atoms with Gasteiger partial charge >= 0.3 is 0 Å². The van der Waals surface area contributed by atoms with E-state index in [0.717, 1.165) is 19.4 Å². The summed E-state index contributed by atoms with van der Waals surface area (Å²) in [5.41, 5.74) is 2.91. The van der Waals surface area contributed by atoms with E-state index in [2.05, 4.69) is 55.7 Å². The topological polar surface area (TPSA) is 41.1 Å². The van der Waals surface area contributed by atoms with Crippen LogP contribution in [0.1, 0.15) is 38.3 Å². The Morgan fingerprint density at radius 2 is 1.89 bits per heavy atom. The summed E-state index contributed by atoms with van der Waals surface area (Å²) in [6.45, 7) is 8.02. The van der Waals surface area contributed by atoms with Crippen LogP contribution in [0.25, 0.3) is 0 Å².